The van der Waals surface area contributed by atoms with Crippen molar-refractivity contribution < 1.29 is 4.74 Å². The molecule has 0 aromatic heterocycles. The highest BCUT2D eigenvalue weighted by molar-refractivity contribution is 5.45. The van der Waals surface area contributed by atoms with Crippen molar-refractivity contribution in [3.8, 4) is 11.8 Å². The third-order valence-electron chi connectivity index (χ3n) is 4.08. The van der Waals surface area contributed by atoms with Crippen LogP contribution in [-0.2, 0) is 6.54 Å². The predicted octanol–water partition coefficient (Wildman–Crippen LogP) is 2.39. The molecule has 4 nitrogen and oxygen atoms in total. The van der Waals surface area contributed by atoms with Gasteiger partial charge < -0.3 is 10.1 Å². The van der Waals surface area contributed by atoms with Crippen LogP contribution in [0, 0.1) is 17.2 Å². The second-order valence-corrected chi connectivity index (χ2v) is 5.70. The molecular weight excluding hydrogens is 262 g/mol. The first-order chi connectivity index (χ1) is 10.3. The molecule has 21 heavy (non-hydrogen) atoms. The summed E-state index contributed by atoms with van der Waals surface area (Å²) in [6.07, 6.45) is 2.59. The summed E-state index contributed by atoms with van der Waals surface area (Å²) in [5, 5.41) is 12.5. The Labute approximate surface area is 127 Å². The fourth-order valence-electron chi connectivity index (χ4n) is 2.99. The monoisotopic (exact) mass is 287 g/mol. The topological polar surface area (TPSA) is 48.3 Å². The van der Waals surface area contributed by atoms with Crippen LogP contribution >= 0.6 is 0 Å². The largest absolute Gasteiger partial charge is 0.495 e. The molecule has 0 radical (unpaired) electrons. The molecule has 1 atom stereocenters. The summed E-state index contributed by atoms with van der Waals surface area (Å²) in [5.74, 6) is 1.43. The van der Waals surface area contributed by atoms with E-state index in [1.54, 1.807) is 7.11 Å². The number of ether oxygens (including phenoxy) is 1. The molecule has 1 aromatic carbocycles. The minimum absolute atomic E-state index is 0.602. The number of piperidine rings is 1. The standard InChI is InChI=1S/C17H25N3O/c1-3-19-11-15-5-4-8-20(13-15)12-14-6-7-16(10-18)17(9-14)21-2/h6-7,9,15,19H,3-5,8,11-13H2,1-2H3. The number of hydrogen-bond acceptors (Lipinski definition) is 4. The van der Waals surface area contributed by atoms with Gasteiger partial charge >= 0.3 is 0 Å². The van der Waals surface area contributed by atoms with Crippen LogP contribution in [0.1, 0.15) is 30.9 Å². The number of nitriles is 1. The lowest BCUT2D eigenvalue weighted by atomic mass is 9.97. The van der Waals surface area contributed by atoms with Crippen LogP contribution in [0.3, 0.4) is 0 Å². The molecule has 2 rings (SSSR count). The molecule has 1 N–H and O–H groups in total. The molecule has 1 saturated heterocycles. The van der Waals surface area contributed by atoms with Gasteiger partial charge in [0.1, 0.15) is 11.8 Å². The third-order valence-corrected chi connectivity index (χ3v) is 4.08. The van der Waals surface area contributed by atoms with E-state index in [9.17, 15) is 0 Å². The van der Waals surface area contributed by atoms with Gasteiger partial charge in [-0.15, -0.1) is 0 Å². The molecule has 4 heteroatoms. The summed E-state index contributed by atoms with van der Waals surface area (Å²) in [6.45, 7) is 7.56. The first-order valence-corrected chi connectivity index (χ1v) is 7.77. The van der Waals surface area contributed by atoms with Crippen molar-refractivity contribution in [3.05, 3.63) is 29.3 Å². The summed E-state index contributed by atoms with van der Waals surface area (Å²) in [6, 6.07) is 8.05. The molecule has 1 heterocycles. The Morgan fingerprint density at radius 1 is 1.48 bits per heavy atom. The van der Waals surface area contributed by atoms with Gasteiger partial charge in [-0.3, -0.25) is 4.90 Å². The normalized spacial score (nSPS) is 19.2. The maximum atomic E-state index is 9.03. The Morgan fingerprint density at radius 3 is 3.05 bits per heavy atom. The summed E-state index contributed by atoms with van der Waals surface area (Å²) in [7, 11) is 1.62. The number of likely N-dealkylation sites (tertiary alicyclic amines) is 1. The highest BCUT2D eigenvalue weighted by atomic mass is 16.5. The van der Waals surface area contributed by atoms with E-state index >= 15 is 0 Å². The van der Waals surface area contributed by atoms with Crippen molar-refractivity contribution in [1.29, 1.82) is 5.26 Å². The Bertz CT molecular complexity index is 495. The first kappa shape index (κ1) is 15.8. The van der Waals surface area contributed by atoms with Crippen LogP contribution in [0.4, 0.5) is 0 Å². The number of hydrogen-bond donors (Lipinski definition) is 1. The third kappa shape index (κ3) is 4.45. The van der Waals surface area contributed by atoms with Crippen LogP contribution < -0.4 is 10.1 Å². The molecule has 0 amide bonds. The summed E-state index contributed by atoms with van der Waals surface area (Å²) in [4.78, 5) is 2.51. The zero-order valence-electron chi connectivity index (χ0n) is 13.1. The van der Waals surface area contributed by atoms with Gasteiger partial charge in [0.05, 0.1) is 12.7 Å². The average molecular weight is 287 g/mol. The molecular formula is C17H25N3O. The molecule has 1 aliphatic heterocycles. The number of methoxy groups -OCH3 is 1. The predicted molar refractivity (Wildman–Crippen MR) is 84.3 cm³/mol. The Hall–Kier alpha value is -1.57. The van der Waals surface area contributed by atoms with Gasteiger partial charge in [-0.05, 0) is 56.1 Å². The van der Waals surface area contributed by atoms with Crippen molar-refractivity contribution in [2.45, 2.75) is 26.3 Å². The minimum Gasteiger partial charge on any atom is -0.495 e. The van der Waals surface area contributed by atoms with Crippen LogP contribution in [0.5, 0.6) is 5.75 Å². The Kier molecular flexibility index (Phi) is 6.04. The summed E-state index contributed by atoms with van der Waals surface area (Å²) in [5.41, 5.74) is 1.82. The zero-order chi connectivity index (χ0) is 15.1. The van der Waals surface area contributed by atoms with Crippen LogP contribution in [0.2, 0.25) is 0 Å². The number of benzene rings is 1. The second kappa shape index (κ2) is 8.02. The van der Waals surface area contributed by atoms with Gasteiger partial charge in [0, 0.05) is 13.1 Å². The maximum absolute atomic E-state index is 9.03. The maximum Gasteiger partial charge on any atom is 0.136 e. The van der Waals surface area contributed by atoms with Gasteiger partial charge in [0.25, 0.3) is 0 Å². The van der Waals surface area contributed by atoms with Crippen LogP contribution in [0.15, 0.2) is 18.2 Å². The molecule has 0 bridgehead atoms. The Balaban J connectivity index is 1.96. The molecule has 1 unspecified atom stereocenters. The van der Waals surface area contributed by atoms with E-state index in [4.69, 9.17) is 10.00 Å². The van der Waals surface area contributed by atoms with Gasteiger partial charge in [0.2, 0.25) is 0 Å². The fraction of sp³-hybridized carbons (Fsp3) is 0.588. The second-order valence-electron chi connectivity index (χ2n) is 5.70. The molecule has 1 aromatic rings. The molecule has 0 saturated carbocycles. The van der Waals surface area contributed by atoms with Crippen molar-refractivity contribution in [2.75, 3.05) is 33.3 Å². The molecule has 114 valence electrons. The molecule has 0 aliphatic carbocycles. The minimum atomic E-state index is 0.602. The van der Waals surface area contributed by atoms with Gasteiger partial charge in [-0.1, -0.05) is 13.0 Å². The highest BCUT2D eigenvalue weighted by Gasteiger charge is 2.19. The van der Waals surface area contributed by atoms with E-state index in [2.05, 4.69) is 23.2 Å². The van der Waals surface area contributed by atoms with E-state index in [0.717, 1.165) is 38.6 Å². The number of nitrogens with zero attached hydrogens (tertiary/aromatic N) is 2. The van der Waals surface area contributed by atoms with Gasteiger partial charge in [-0.25, -0.2) is 0 Å². The number of rotatable bonds is 6. The van der Waals surface area contributed by atoms with E-state index in [-0.39, 0.29) is 0 Å². The SMILES string of the molecule is CCNCC1CCCN(Cc2ccc(C#N)c(OC)c2)C1. The lowest BCUT2D eigenvalue weighted by Crippen LogP contribution is -2.39. The highest BCUT2D eigenvalue weighted by Crippen LogP contribution is 2.22. The van der Waals surface area contributed by atoms with Crippen molar-refractivity contribution in [2.24, 2.45) is 5.92 Å². The average Bonchev–Trinajstić information content (AvgIpc) is 2.53. The Morgan fingerprint density at radius 2 is 2.33 bits per heavy atom. The van der Waals surface area contributed by atoms with Crippen molar-refractivity contribution >= 4 is 0 Å². The van der Waals surface area contributed by atoms with E-state index in [0.29, 0.717) is 11.3 Å². The lowest BCUT2D eigenvalue weighted by molar-refractivity contribution is 0.165. The van der Waals surface area contributed by atoms with Gasteiger partial charge in [-0.2, -0.15) is 5.26 Å². The summed E-state index contributed by atoms with van der Waals surface area (Å²) >= 11 is 0. The van der Waals surface area contributed by atoms with E-state index in [1.165, 1.54) is 18.4 Å². The first-order valence-electron chi connectivity index (χ1n) is 7.77. The fourth-order valence-corrected chi connectivity index (χ4v) is 2.99. The summed E-state index contributed by atoms with van der Waals surface area (Å²) < 4.78 is 5.29. The molecule has 1 fully saturated rings. The van der Waals surface area contributed by atoms with E-state index in [1.807, 2.05) is 18.2 Å². The van der Waals surface area contributed by atoms with Crippen LogP contribution in [0.25, 0.3) is 0 Å². The molecule has 0 spiro atoms. The lowest BCUT2D eigenvalue weighted by Gasteiger charge is -2.33. The van der Waals surface area contributed by atoms with Crippen molar-refractivity contribution in [1.82, 2.24) is 10.2 Å². The van der Waals surface area contributed by atoms with Gasteiger partial charge in [0.15, 0.2) is 0 Å². The van der Waals surface area contributed by atoms with E-state index < -0.39 is 0 Å². The quantitative estimate of drug-likeness (QED) is 0.873. The molecule has 1 aliphatic rings. The smallest absolute Gasteiger partial charge is 0.136 e. The zero-order valence-corrected chi connectivity index (χ0v) is 13.1. The van der Waals surface area contributed by atoms with Crippen LogP contribution in [-0.4, -0.2) is 38.2 Å². The van der Waals surface area contributed by atoms with Crippen molar-refractivity contribution in [3.63, 3.8) is 0 Å². The number of nitrogens with one attached hydrogen (secondary N) is 1.